The molecule has 1 fully saturated rings. The maximum Gasteiger partial charge on any atom is 0.237 e. The largest absolute Gasteiger partial charge is 0.348 e. The maximum atomic E-state index is 12.8. The quantitative estimate of drug-likeness (QED) is 0.743. The van der Waals surface area contributed by atoms with Crippen LogP contribution in [0.25, 0.3) is 11.0 Å². The van der Waals surface area contributed by atoms with Gasteiger partial charge in [-0.2, -0.15) is 0 Å². The highest BCUT2D eigenvalue weighted by Gasteiger charge is 2.28. The predicted molar refractivity (Wildman–Crippen MR) is 100 cm³/mol. The Kier molecular flexibility index (Phi) is 4.93. The average Bonchev–Trinajstić information content (AvgIpc) is 3.10. The number of para-hydroxylation sites is 2. The van der Waals surface area contributed by atoms with Crippen LogP contribution in [0.4, 0.5) is 0 Å². The molecule has 0 bridgehead atoms. The van der Waals surface area contributed by atoms with Crippen molar-refractivity contribution in [3.05, 3.63) is 60.2 Å². The molecule has 0 saturated carbocycles. The van der Waals surface area contributed by atoms with Crippen molar-refractivity contribution in [2.45, 2.75) is 38.4 Å². The molecule has 1 aliphatic rings. The Morgan fingerprint density at radius 2 is 2.04 bits per heavy atom. The fraction of sp³-hybridized carbons (Fsp3) is 0.350. The van der Waals surface area contributed by atoms with Crippen molar-refractivity contribution >= 4 is 16.9 Å². The van der Waals surface area contributed by atoms with Gasteiger partial charge in [-0.3, -0.25) is 14.7 Å². The number of pyridine rings is 1. The van der Waals surface area contributed by atoms with E-state index in [2.05, 4.69) is 25.2 Å². The van der Waals surface area contributed by atoms with E-state index in [1.54, 1.807) is 12.4 Å². The summed E-state index contributed by atoms with van der Waals surface area (Å²) in [6, 6.07) is 11.8. The van der Waals surface area contributed by atoms with Gasteiger partial charge in [0.1, 0.15) is 5.82 Å². The summed E-state index contributed by atoms with van der Waals surface area (Å²) in [6.45, 7) is 2.16. The number of H-pyrrole nitrogens is 1. The minimum atomic E-state index is -0.0821. The number of carbonyl (C=O) groups is 1. The van der Waals surface area contributed by atoms with Crippen LogP contribution in [0.5, 0.6) is 0 Å². The number of piperidine rings is 1. The van der Waals surface area contributed by atoms with E-state index >= 15 is 0 Å². The van der Waals surface area contributed by atoms with Crippen LogP contribution in [0, 0.1) is 0 Å². The van der Waals surface area contributed by atoms with E-state index < -0.39 is 0 Å². The summed E-state index contributed by atoms with van der Waals surface area (Å²) in [5.41, 5.74) is 3.11. The molecule has 134 valence electrons. The lowest BCUT2D eigenvalue weighted by molar-refractivity contribution is -0.128. The van der Waals surface area contributed by atoms with Crippen LogP contribution < -0.4 is 5.32 Å². The summed E-state index contributed by atoms with van der Waals surface area (Å²) < 4.78 is 0. The van der Waals surface area contributed by atoms with Crippen LogP contribution in [0.2, 0.25) is 0 Å². The summed E-state index contributed by atoms with van der Waals surface area (Å²) in [5, 5.41) is 3.06. The third-order valence-corrected chi connectivity index (χ3v) is 4.92. The number of hydrogen-bond donors (Lipinski definition) is 2. The third-order valence-electron chi connectivity index (χ3n) is 4.92. The molecule has 1 saturated heterocycles. The Labute approximate surface area is 152 Å². The summed E-state index contributed by atoms with van der Waals surface area (Å²) >= 11 is 0. The van der Waals surface area contributed by atoms with Crippen molar-refractivity contribution in [1.29, 1.82) is 0 Å². The highest BCUT2D eigenvalue weighted by atomic mass is 16.2. The maximum absolute atomic E-state index is 12.8. The minimum Gasteiger partial charge on any atom is -0.348 e. The van der Waals surface area contributed by atoms with Crippen LogP contribution in [0.3, 0.4) is 0 Å². The van der Waals surface area contributed by atoms with Gasteiger partial charge in [0.2, 0.25) is 5.91 Å². The summed E-state index contributed by atoms with van der Waals surface area (Å²) in [6.07, 6.45) is 6.73. The second kappa shape index (κ2) is 7.66. The number of aromatic nitrogens is 3. The molecule has 1 amide bonds. The number of hydrogen-bond acceptors (Lipinski definition) is 4. The molecule has 1 aromatic carbocycles. The zero-order chi connectivity index (χ0) is 17.8. The van der Waals surface area contributed by atoms with E-state index in [-0.39, 0.29) is 11.9 Å². The third kappa shape index (κ3) is 3.75. The van der Waals surface area contributed by atoms with Gasteiger partial charge in [-0.15, -0.1) is 0 Å². The zero-order valence-corrected chi connectivity index (χ0v) is 14.7. The first-order valence-electron chi connectivity index (χ1n) is 9.14. The average molecular weight is 349 g/mol. The molecule has 0 radical (unpaired) electrons. The minimum absolute atomic E-state index is 0.0821. The van der Waals surface area contributed by atoms with Crippen molar-refractivity contribution in [2.75, 3.05) is 6.54 Å². The lowest BCUT2D eigenvalue weighted by atomic mass is 10.0. The number of nitrogens with zero attached hydrogens (tertiary/aromatic N) is 3. The highest BCUT2D eigenvalue weighted by Crippen LogP contribution is 2.20. The molecule has 2 aromatic heterocycles. The molecule has 2 N–H and O–H groups in total. The molecular weight excluding hydrogens is 326 g/mol. The molecule has 1 unspecified atom stereocenters. The van der Waals surface area contributed by atoms with E-state index in [9.17, 15) is 4.79 Å². The number of imidazole rings is 1. The summed E-state index contributed by atoms with van der Waals surface area (Å²) in [5.74, 6) is 0.871. The number of aromatic amines is 1. The molecule has 6 heteroatoms. The molecule has 6 nitrogen and oxygen atoms in total. The first kappa shape index (κ1) is 16.7. The van der Waals surface area contributed by atoms with E-state index in [4.69, 9.17) is 0 Å². The number of fused-ring (bicyclic) bond motifs is 1. The van der Waals surface area contributed by atoms with Gasteiger partial charge in [0.15, 0.2) is 0 Å². The standard InChI is InChI=1S/C20H23N5O/c26-20(22-13-19-23-16-5-1-2-6-17(16)24-19)18-7-3-4-12-25(18)14-15-8-10-21-11-9-15/h1-2,5-6,8-11,18H,3-4,7,12-14H2,(H,22,26)(H,23,24). The fourth-order valence-electron chi connectivity index (χ4n) is 3.58. The van der Waals surface area contributed by atoms with Crippen molar-refractivity contribution in [3.8, 4) is 0 Å². The van der Waals surface area contributed by atoms with Crippen LogP contribution in [0.15, 0.2) is 48.8 Å². The Morgan fingerprint density at radius 3 is 2.88 bits per heavy atom. The van der Waals surface area contributed by atoms with Gasteiger partial charge in [0, 0.05) is 18.9 Å². The van der Waals surface area contributed by atoms with Gasteiger partial charge in [-0.05, 0) is 49.2 Å². The Hall–Kier alpha value is -2.73. The molecule has 3 aromatic rings. The van der Waals surface area contributed by atoms with Gasteiger partial charge < -0.3 is 10.3 Å². The smallest absolute Gasteiger partial charge is 0.237 e. The van der Waals surface area contributed by atoms with Crippen LogP contribution in [0.1, 0.15) is 30.7 Å². The van der Waals surface area contributed by atoms with Crippen molar-refractivity contribution in [1.82, 2.24) is 25.2 Å². The lowest BCUT2D eigenvalue weighted by Crippen LogP contribution is -2.48. The van der Waals surface area contributed by atoms with Crippen molar-refractivity contribution < 1.29 is 4.79 Å². The molecule has 4 rings (SSSR count). The summed E-state index contributed by atoms with van der Waals surface area (Å²) in [7, 11) is 0. The van der Waals surface area contributed by atoms with Crippen LogP contribution in [-0.2, 0) is 17.9 Å². The zero-order valence-electron chi connectivity index (χ0n) is 14.7. The predicted octanol–water partition coefficient (Wildman–Crippen LogP) is 2.63. The molecule has 1 atom stereocenters. The van der Waals surface area contributed by atoms with Gasteiger partial charge >= 0.3 is 0 Å². The van der Waals surface area contributed by atoms with Gasteiger partial charge in [0.05, 0.1) is 23.6 Å². The Bertz CT molecular complexity index is 843. The van der Waals surface area contributed by atoms with E-state index in [0.717, 1.165) is 49.2 Å². The van der Waals surface area contributed by atoms with Gasteiger partial charge in [-0.25, -0.2) is 4.98 Å². The molecular formula is C20H23N5O. The van der Waals surface area contributed by atoms with E-state index in [1.165, 1.54) is 5.56 Å². The van der Waals surface area contributed by atoms with Crippen molar-refractivity contribution in [2.24, 2.45) is 0 Å². The SMILES string of the molecule is O=C(NCc1nc2ccccc2[nH]1)C1CCCCN1Cc1ccncc1. The van der Waals surface area contributed by atoms with E-state index in [1.807, 2.05) is 36.4 Å². The van der Waals surface area contributed by atoms with E-state index in [0.29, 0.717) is 6.54 Å². The topological polar surface area (TPSA) is 73.9 Å². The van der Waals surface area contributed by atoms with Crippen LogP contribution in [-0.4, -0.2) is 38.3 Å². The second-order valence-corrected chi connectivity index (χ2v) is 6.76. The number of benzene rings is 1. The van der Waals surface area contributed by atoms with Gasteiger partial charge in [0.25, 0.3) is 0 Å². The van der Waals surface area contributed by atoms with Crippen LogP contribution >= 0.6 is 0 Å². The molecule has 0 aliphatic carbocycles. The highest BCUT2D eigenvalue weighted by molar-refractivity contribution is 5.82. The molecule has 26 heavy (non-hydrogen) atoms. The normalized spacial score (nSPS) is 18.1. The first-order valence-corrected chi connectivity index (χ1v) is 9.14. The number of likely N-dealkylation sites (tertiary alicyclic amines) is 1. The number of amides is 1. The molecule has 0 spiro atoms. The lowest BCUT2D eigenvalue weighted by Gasteiger charge is -2.34. The summed E-state index contributed by atoms with van der Waals surface area (Å²) in [4.78, 5) is 26.9. The van der Waals surface area contributed by atoms with Crippen molar-refractivity contribution in [3.63, 3.8) is 0 Å². The number of carbonyl (C=O) groups excluding carboxylic acids is 1. The molecule has 1 aliphatic heterocycles. The Balaban J connectivity index is 1.40. The Morgan fingerprint density at radius 1 is 1.19 bits per heavy atom. The molecule has 3 heterocycles. The number of rotatable bonds is 5. The fourth-order valence-corrected chi connectivity index (χ4v) is 3.58. The second-order valence-electron chi connectivity index (χ2n) is 6.76. The first-order chi connectivity index (χ1) is 12.8. The van der Waals surface area contributed by atoms with Gasteiger partial charge in [-0.1, -0.05) is 18.6 Å². The monoisotopic (exact) mass is 349 g/mol. The number of nitrogens with one attached hydrogen (secondary N) is 2.